The third-order valence-corrected chi connectivity index (χ3v) is 4.33. The summed E-state index contributed by atoms with van der Waals surface area (Å²) in [5.41, 5.74) is 2.14. The van der Waals surface area contributed by atoms with E-state index in [1.54, 1.807) is 6.07 Å². The van der Waals surface area contributed by atoms with Gasteiger partial charge in [0.15, 0.2) is 0 Å². The summed E-state index contributed by atoms with van der Waals surface area (Å²) in [6.07, 6.45) is -0.534. The fourth-order valence-corrected chi connectivity index (χ4v) is 3.17. The molecule has 0 radical (unpaired) electrons. The Kier molecular flexibility index (Phi) is 4.72. The van der Waals surface area contributed by atoms with Crippen molar-refractivity contribution in [2.24, 2.45) is 0 Å². The number of ether oxygens (including phenoxy) is 2. The number of aliphatic hydroxyl groups excluding tert-OH is 1. The van der Waals surface area contributed by atoms with E-state index < -0.39 is 12.1 Å². The molecule has 0 fully saturated rings. The van der Waals surface area contributed by atoms with Gasteiger partial charge in [0.25, 0.3) is 5.91 Å². The van der Waals surface area contributed by atoms with Gasteiger partial charge in [-0.3, -0.25) is 4.79 Å². The second-order valence-corrected chi connectivity index (χ2v) is 5.74. The van der Waals surface area contributed by atoms with Crippen LogP contribution in [0.3, 0.4) is 0 Å². The smallest absolute Gasteiger partial charge is 0.337 e. The highest BCUT2D eigenvalue weighted by atomic mass is 16.5. The number of methoxy groups -OCH3 is 1. The van der Waals surface area contributed by atoms with Crippen molar-refractivity contribution in [1.29, 1.82) is 0 Å². The van der Waals surface area contributed by atoms with Crippen molar-refractivity contribution >= 4 is 11.9 Å². The number of carbonyl (C=O) groups is 2. The highest BCUT2D eigenvalue weighted by Crippen LogP contribution is 2.44. The maximum absolute atomic E-state index is 12.3. The average Bonchev–Trinajstić information content (AvgIpc) is 3.05. The molecule has 1 heterocycles. The van der Waals surface area contributed by atoms with Crippen molar-refractivity contribution in [3.05, 3.63) is 64.7 Å². The van der Waals surface area contributed by atoms with E-state index in [0.29, 0.717) is 11.3 Å². The molecule has 0 unspecified atom stereocenters. The molecule has 0 bridgehead atoms. The lowest BCUT2D eigenvalue weighted by molar-refractivity contribution is 0.0600. The van der Waals surface area contributed by atoms with Gasteiger partial charge >= 0.3 is 5.97 Å². The van der Waals surface area contributed by atoms with Crippen molar-refractivity contribution < 1.29 is 24.2 Å². The van der Waals surface area contributed by atoms with E-state index in [2.05, 4.69) is 5.32 Å². The predicted octanol–water partition coefficient (Wildman–Crippen LogP) is 1.72. The second-order valence-electron chi connectivity index (χ2n) is 5.74. The number of hydrogen-bond acceptors (Lipinski definition) is 5. The molecule has 0 aromatic heterocycles. The van der Waals surface area contributed by atoms with Gasteiger partial charge in [-0.2, -0.15) is 0 Å². The molecule has 2 N–H and O–H groups in total. The quantitative estimate of drug-likeness (QED) is 0.827. The van der Waals surface area contributed by atoms with Crippen LogP contribution in [0.5, 0.6) is 5.75 Å². The highest BCUT2D eigenvalue weighted by Gasteiger charge is 2.38. The number of carbonyl (C=O) groups excluding carboxylic acids is 2. The number of nitrogens with one attached hydrogen (secondary N) is 1. The zero-order chi connectivity index (χ0) is 18.0. The van der Waals surface area contributed by atoms with Gasteiger partial charge in [-0.1, -0.05) is 30.3 Å². The van der Waals surface area contributed by atoms with Crippen LogP contribution in [0.2, 0.25) is 0 Å². The minimum Gasteiger partial charge on any atom is -0.486 e. The molecule has 1 aliphatic rings. The van der Waals surface area contributed by atoms with Crippen molar-refractivity contribution in [2.75, 3.05) is 20.8 Å². The van der Waals surface area contributed by atoms with Crippen LogP contribution in [0.1, 0.15) is 37.8 Å². The van der Waals surface area contributed by atoms with Crippen LogP contribution in [-0.2, 0) is 4.74 Å². The number of amides is 1. The summed E-state index contributed by atoms with van der Waals surface area (Å²) in [4.78, 5) is 24.3. The van der Waals surface area contributed by atoms with Crippen LogP contribution in [0, 0.1) is 0 Å². The lowest BCUT2D eigenvalue weighted by Crippen LogP contribution is -2.24. The monoisotopic (exact) mass is 341 g/mol. The lowest BCUT2D eigenvalue weighted by atomic mass is 9.86. The summed E-state index contributed by atoms with van der Waals surface area (Å²) in [5.74, 6) is -0.797. The Bertz CT molecular complexity index is 803. The van der Waals surface area contributed by atoms with Crippen molar-refractivity contribution in [3.63, 3.8) is 0 Å². The molecule has 2 aromatic rings. The zero-order valence-electron chi connectivity index (χ0n) is 14.0. The third kappa shape index (κ3) is 2.96. The topological polar surface area (TPSA) is 84.9 Å². The van der Waals surface area contributed by atoms with Gasteiger partial charge in [-0.25, -0.2) is 4.79 Å². The van der Waals surface area contributed by atoms with E-state index in [0.717, 1.165) is 5.56 Å². The molecule has 0 saturated heterocycles. The molecule has 1 aliphatic heterocycles. The van der Waals surface area contributed by atoms with Gasteiger partial charge in [0.2, 0.25) is 0 Å². The van der Waals surface area contributed by atoms with Gasteiger partial charge in [0.1, 0.15) is 11.9 Å². The Labute approximate surface area is 145 Å². The van der Waals surface area contributed by atoms with E-state index >= 15 is 0 Å². The Morgan fingerprint density at radius 1 is 1.24 bits per heavy atom. The van der Waals surface area contributed by atoms with Gasteiger partial charge in [-0.15, -0.1) is 0 Å². The predicted molar refractivity (Wildman–Crippen MR) is 91.0 cm³/mol. The van der Waals surface area contributed by atoms with Crippen molar-refractivity contribution in [3.8, 4) is 5.75 Å². The summed E-state index contributed by atoms with van der Waals surface area (Å²) in [6.45, 7) is -0.213. The molecule has 0 saturated carbocycles. The number of aliphatic hydroxyl groups is 1. The van der Waals surface area contributed by atoms with E-state index in [4.69, 9.17) is 9.47 Å². The molecule has 130 valence electrons. The van der Waals surface area contributed by atoms with E-state index in [-0.39, 0.29) is 29.6 Å². The van der Waals surface area contributed by atoms with Crippen LogP contribution in [0.25, 0.3) is 0 Å². The molecule has 25 heavy (non-hydrogen) atoms. The molecule has 6 nitrogen and oxygen atoms in total. The first kappa shape index (κ1) is 17.0. The zero-order valence-corrected chi connectivity index (χ0v) is 14.0. The first-order valence-corrected chi connectivity index (χ1v) is 7.91. The highest BCUT2D eigenvalue weighted by molar-refractivity contribution is 6.01. The van der Waals surface area contributed by atoms with Gasteiger partial charge in [0.05, 0.1) is 30.8 Å². The van der Waals surface area contributed by atoms with Crippen LogP contribution in [0.15, 0.2) is 42.5 Å². The number of rotatable bonds is 4. The van der Waals surface area contributed by atoms with Crippen LogP contribution in [0.4, 0.5) is 0 Å². The molecule has 3 rings (SSSR count). The maximum Gasteiger partial charge on any atom is 0.337 e. The molecular weight excluding hydrogens is 322 g/mol. The molecular formula is C19H19NO5. The van der Waals surface area contributed by atoms with Crippen molar-refractivity contribution in [1.82, 2.24) is 5.32 Å². The number of fused-ring (bicyclic) bond motifs is 1. The van der Waals surface area contributed by atoms with Crippen molar-refractivity contribution in [2.45, 2.75) is 12.0 Å². The molecule has 0 spiro atoms. The van der Waals surface area contributed by atoms with E-state index in [1.165, 1.54) is 20.2 Å². The maximum atomic E-state index is 12.3. The number of benzene rings is 2. The largest absolute Gasteiger partial charge is 0.486 e. The molecule has 6 heteroatoms. The number of esters is 1. The Hall–Kier alpha value is -2.86. The molecule has 2 atom stereocenters. The normalized spacial score (nSPS) is 18.2. The van der Waals surface area contributed by atoms with Crippen LogP contribution < -0.4 is 10.1 Å². The summed E-state index contributed by atoms with van der Waals surface area (Å²) in [6, 6.07) is 12.7. The third-order valence-electron chi connectivity index (χ3n) is 4.33. The average molecular weight is 341 g/mol. The summed E-state index contributed by atoms with van der Waals surface area (Å²) in [5, 5.41) is 12.3. The minimum atomic E-state index is -0.535. The standard InChI is InChI=1S/C19H19NO5/c1-20-18(22)14-9-12(19(23)24-2)8-13-16(11-6-4-3-5-7-11)15(10-21)25-17(13)14/h3-9,15-16,21H,10H2,1-2H3,(H,20,22)/t15-,16+/m0/s1. The van der Waals surface area contributed by atoms with Gasteiger partial charge < -0.3 is 19.9 Å². The first-order valence-electron chi connectivity index (χ1n) is 7.91. The first-order chi connectivity index (χ1) is 12.1. The summed E-state index contributed by atoms with van der Waals surface area (Å²) in [7, 11) is 2.80. The number of hydrogen-bond donors (Lipinski definition) is 2. The fraction of sp³-hybridized carbons (Fsp3) is 0.263. The Morgan fingerprint density at radius 3 is 2.56 bits per heavy atom. The van der Waals surface area contributed by atoms with Gasteiger partial charge in [0, 0.05) is 12.6 Å². The second kappa shape index (κ2) is 6.94. The van der Waals surface area contributed by atoms with Crippen LogP contribution in [-0.4, -0.2) is 43.9 Å². The fourth-order valence-electron chi connectivity index (χ4n) is 3.17. The Balaban J connectivity index is 2.21. The SMILES string of the molecule is CNC(=O)c1cc(C(=O)OC)cc2c1O[C@@H](CO)[C@@H]2c1ccccc1. The minimum absolute atomic E-state index is 0.213. The van der Waals surface area contributed by atoms with Gasteiger partial charge in [-0.05, 0) is 17.7 Å². The summed E-state index contributed by atoms with van der Waals surface area (Å²) < 4.78 is 10.7. The molecule has 0 aliphatic carbocycles. The van der Waals surface area contributed by atoms with Crippen LogP contribution >= 0.6 is 0 Å². The van der Waals surface area contributed by atoms with E-state index in [1.807, 2.05) is 30.3 Å². The molecule has 2 aromatic carbocycles. The Morgan fingerprint density at radius 2 is 1.96 bits per heavy atom. The lowest BCUT2D eigenvalue weighted by Gasteiger charge is -2.17. The molecule has 1 amide bonds. The summed E-state index contributed by atoms with van der Waals surface area (Å²) >= 11 is 0. The van der Waals surface area contributed by atoms with E-state index in [9.17, 15) is 14.7 Å².